The summed E-state index contributed by atoms with van der Waals surface area (Å²) in [5.41, 5.74) is -1.14. The van der Waals surface area contributed by atoms with Crippen LogP contribution in [0, 0.1) is 16.7 Å². The van der Waals surface area contributed by atoms with Gasteiger partial charge in [-0.05, 0) is 44.4 Å². The molecule has 0 aliphatic rings. The molecule has 0 rings (SSSR count). The van der Waals surface area contributed by atoms with Gasteiger partial charge in [-0.1, -0.05) is 67.7 Å². The molecule has 0 spiro atoms. The molecule has 0 aromatic rings. The van der Waals surface area contributed by atoms with E-state index in [-0.39, 0.29) is 10.8 Å². The van der Waals surface area contributed by atoms with Crippen molar-refractivity contribution in [3.8, 4) is 0 Å². The fraction of sp³-hybridized carbons (Fsp3) is 1.00. The van der Waals surface area contributed by atoms with Gasteiger partial charge in [-0.3, -0.25) is 0 Å². The minimum atomic E-state index is -0.581. The average molecular weight is 303 g/mol. The first-order valence-corrected chi connectivity index (χ1v) is 8.47. The van der Waals surface area contributed by atoms with Crippen LogP contribution < -0.4 is 0 Å². The molecule has 0 saturated carbocycles. The lowest BCUT2D eigenvalue weighted by atomic mass is 9.65. The van der Waals surface area contributed by atoms with Crippen molar-refractivity contribution >= 4 is 0 Å². The molecule has 0 radical (unpaired) electrons. The number of hydrogen-bond donors (Lipinski definition) is 2. The quantitative estimate of drug-likeness (QED) is 0.712. The molecule has 130 valence electrons. The predicted molar refractivity (Wildman–Crippen MR) is 94.5 cm³/mol. The van der Waals surface area contributed by atoms with E-state index in [9.17, 15) is 10.2 Å². The highest BCUT2D eigenvalue weighted by molar-refractivity contribution is 4.90. The fourth-order valence-corrected chi connectivity index (χ4v) is 1.92. The highest BCUT2D eigenvalue weighted by atomic mass is 16.3. The molecule has 21 heavy (non-hydrogen) atoms. The van der Waals surface area contributed by atoms with Gasteiger partial charge in [0, 0.05) is 0 Å². The van der Waals surface area contributed by atoms with Crippen LogP contribution in [0.5, 0.6) is 0 Å². The Hall–Kier alpha value is -0.0800. The molecule has 0 fully saturated rings. The van der Waals surface area contributed by atoms with Crippen molar-refractivity contribution in [3.05, 3.63) is 0 Å². The summed E-state index contributed by atoms with van der Waals surface area (Å²) in [4.78, 5) is 0. The SMILES string of the molecule is CC(C)(C)C(C)(C)O.CCCC(CC)C(C)(C)C(C)(C)O. The summed E-state index contributed by atoms with van der Waals surface area (Å²) in [6, 6.07) is 0. The van der Waals surface area contributed by atoms with Crippen LogP contribution in [-0.2, 0) is 0 Å². The van der Waals surface area contributed by atoms with Gasteiger partial charge in [0.25, 0.3) is 0 Å². The minimum absolute atomic E-state index is 0.00694. The van der Waals surface area contributed by atoms with Crippen molar-refractivity contribution in [2.75, 3.05) is 0 Å². The van der Waals surface area contributed by atoms with Crippen LogP contribution in [0.15, 0.2) is 0 Å². The van der Waals surface area contributed by atoms with Crippen molar-refractivity contribution < 1.29 is 10.2 Å². The average Bonchev–Trinajstić information content (AvgIpc) is 2.21. The Kier molecular flexibility index (Phi) is 8.80. The van der Waals surface area contributed by atoms with Crippen LogP contribution in [0.3, 0.4) is 0 Å². The molecule has 1 atom stereocenters. The van der Waals surface area contributed by atoms with E-state index in [4.69, 9.17) is 0 Å². The van der Waals surface area contributed by atoms with Crippen molar-refractivity contribution in [3.63, 3.8) is 0 Å². The molecule has 2 N–H and O–H groups in total. The smallest absolute Gasteiger partial charge is 0.0645 e. The molecule has 0 aliphatic carbocycles. The van der Waals surface area contributed by atoms with Gasteiger partial charge < -0.3 is 10.2 Å². The number of hydrogen-bond acceptors (Lipinski definition) is 2. The molecule has 0 saturated heterocycles. The maximum atomic E-state index is 10.1. The molecule has 0 bridgehead atoms. The molecule has 0 aromatic heterocycles. The van der Waals surface area contributed by atoms with E-state index in [1.54, 1.807) is 0 Å². The van der Waals surface area contributed by atoms with E-state index in [0.29, 0.717) is 5.92 Å². The van der Waals surface area contributed by atoms with Crippen LogP contribution in [0.1, 0.15) is 95.4 Å². The Bertz CT molecular complexity index is 259. The number of rotatable bonds is 5. The third-order valence-corrected chi connectivity index (χ3v) is 5.56. The zero-order valence-electron chi connectivity index (χ0n) is 16.6. The van der Waals surface area contributed by atoms with Crippen molar-refractivity contribution in [2.45, 2.75) is 107 Å². The Labute approximate surface area is 134 Å². The molecule has 0 heterocycles. The summed E-state index contributed by atoms with van der Waals surface area (Å²) in [7, 11) is 0. The molecule has 2 nitrogen and oxygen atoms in total. The first-order valence-electron chi connectivity index (χ1n) is 8.47. The molecule has 0 aromatic carbocycles. The Morgan fingerprint density at radius 3 is 1.19 bits per heavy atom. The van der Waals surface area contributed by atoms with E-state index >= 15 is 0 Å². The molecule has 0 aliphatic heterocycles. The lowest BCUT2D eigenvalue weighted by Crippen LogP contribution is -2.44. The first kappa shape index (κ1) is 23.2. The van der Waals surface area contributed by atoms with Gasteiger partial charge in [-0.2, -0.15) is 0 Å². The standard InChI is InChI=1S/C12H26O.C7H16O/c1-7-9-10(8-2)11(3,4)12(5,6)13;1-6(2,3)7(4,5)8/h10,13H,7-9H2,1-6H3;8H,1-5H3. The fourth-order valence-electron chi connectivity index (χ4n) is 1.92. The van der Waals surface area contributed by atoms with Gasteiger partial charge in [0.2, 0.25) is 0 Å². The number of aliphatic hydroxyl groups is 2. The van der Waals surface area contributed by atoms with Crippen LogP contribution in [0.25, 0.3) is 0 Å². The Morgan fingerprint density at radius 1 is 0.714 bits per heavy atom. The van der Waals surface area contributed by atoms with E-state index in [1.165, 1.54) is 12.8 Å². The maximum absolute atomic E-state index is 10.1. The Balaban J connectivity index is 0. The van der Waals surface area contributed by atoms with Gasteiger partial charge in [0.1, 0.15) is 0 Å². The molecule has 1 unspecified atom stereocenters. The summed E-state index contributed by atoms with van der Waals surface area (Å²) in [6.45, 7) is 22.3. The van der Waals surface area contributed by atoms with Crippen molar-refractivity contribution in [1.29, 1.82) is 0 Å². The van der Waals surface area contributed by atoms with Crippen LogP contribution in [0.4, 0.5) is 0 Å². The lowest BCUT2D eigenvalue weighted by molar-refractivity contribution is -0.0718. The third kappa shape index (κ3) is 7.65. The van der Waals surface area contributed by atoms with Crippen LogP contribution >= 0.6 is 0 Å². The summed E-state index contributed by atoms with van der Waals surface area (Å²) >= 11 is 0. The van der Waals surface area contributed by atoms with Gasteiger partial charge >= 0.3 is 0 Å². The summed E-state index contributed by atoms with van der Waals surface area (Å²) in [6.07, 6.45) is 3.58. The second-order valence-corrected chi connectivity index (χ2v) is 8.98. The molecular weight excluding hydrogens is 260 g/mol. The minimum Gasteiger partial charge on any atom is -0.390 e. The largest absolute Gasteiger partial charge is 0.390 e. The first-order chi connectivity index (χ1) is 9.02. The zero-order valence-corrected chi connectivity index (χ0v) is 16.6. The highest BCUT2D eigenvalue weighted by Gasteiger charge is 2.40. The summed E-state index contributed by atoms with van der Waals surface area (Å²) < 4.78 is 0. The molecular formula is C19H42O2. The maximum Gasteiger partial charge on any atom is 0.0645 e. The monoisotopic (exact) mass is 302 g/mol. The van der Waals surface area contributed by atoms with Gasteiger partial charge in [0.15, 0.2) is 0 Å². The second-order valence-electron chi connectivity index (χ2n) is 8.98. The third-order valence-electron chi connectivity index (χ3n) is 5.56. The van der Waals surface area contributed by atoms with Crippen molar-refractivity contribution in [2.24, 2.45) is 16.7 Å². The van der Waals surface area contributed by atoms with Crippen LogP contribution in [-0.4, -0.2) is 21.4 Å². The van der Waals surface area contributed by atoms with Gasteiger partial charge in [-0.15, -0.1) is 0 Å². The topological polar surface area (TPSA) is 40.5 Å². The normalized spacial score (nSPS) is 15.3. The van der Waals surface area contributed by atoms with Crippen molar-refractivity contribution in [1.82, 2.24) is 0 Å². The van der Waals surface area contributed by atoms with Gasteiger partial charge in [0.05, 0.1) is 11.2 Å². The van der Waals surface area contributed by atoms with E-state index in [2.05, 4.69) is 27.7 Å². The summed E-state index contributed by atoms with van der Waals surface area (Å²) in [5.74, 6) is 0.623. The second kappa shape index (κ2) is 7.97. The zero-order chi connectivity index (χ0) is 17.7. The lowest BCUT2D eigenvalue weighted by Gasteiger charge is -2.43. The van der Waals surface area contributed by atoms with Crippen LogP contribution in [0.2, 0.25) is 0 Å². The van der Waals surface area contributed by atoms with E-state index in [1.807, 2.05) is 48.5 Å². The van der Waals surface area contributed by atoms with E-state index in [0.717, 1.165) is 6.42 Å². The molecule has 2 heteroatoms. The molecule has 0 amide bonds. The predicted octanol–water partition coefficient (Wildman–Crippen LogP) is 5.41. The summed E-state index contributed by atoms with van der Waals surface area (Å²) in [5, 5.41) is 19.4. The Morgan fingerprint density at radius 2 is 1.05 bits per heavy atom. The van der Waals surface area contributed by atoms with E-state index < -0.39 is 11.2 Å². The highest BCUT2D eigenvalue weighted by Crippen LogP contribution is 2.41. The van der Waals surface area contributed by atoms with Gasteiger partial charge in [-0.25, -0.2) is 0 Å².